The molecule has 2 heteroatoms. The molecule has 0 amide bonds. The second kappa shape index (κ2) is 13.2. The molecule has 0 spiro atoms. The fourth-order valence-electron chi connectivity index (χ4n) is 8.52. The first-order chi connectivity index (χ1) is 27.0. The lowest BCUT2D eigenvalue weighted by atomic mass is 9.80. The van der Waals surface area contributed by atoms with Gasteiger partial charge in [0, 0.05) is 22.1 Å². The molecule has 0 aliphatic heterocycles. The predicted molar refractivity (Wildman–Crippen MR) is 230 cm³/mol. The number of aromatic nitrogens is 2. The lowest BCUT2D eigenvalue weighted by Crippen LogP contribution is -2.15. The fraction of sp³-hybridized carbons (Fsp3) is 0.0566. The summed E-state index contributed by atoms with van der Waals surface area (Å²) in [6, 6.07) is 69.5. The fourth-order valence-corrected chi connectivity index (χ4v) is 8.52. The summed E-state index contributed by atoms with van der Waals surface area (Å²) in [5, 5.41) is 2.64. The van der Waals surface area contributed by atoms with Crippen LogP contribution in [0.15, 0.2) is 194 Å². The summed E-state index contributed by atoms with van der Waals surface area (Å²) >= 11 is 0. The molecule has 0 fully saturated rings. The molecule has 0 bridgehead atoms. The van der Waals surface area contributed by atoms with Gasteiger partial charge in [-0.25, -0.2) is 9.97 Å². The van der Waals surface area contributed by atoms with E-state index in [1.54, 1.807) is 0 Å². The van der Waals surface area contributed by atoms with Gasteiger partial charge in [-0.3, -0.25) is 0 Å². The van der Waals surface area contributed by atoms with Gasteiger partial charge in [-0.05, 0) is 78.5 Å². The van der Waals surface area contributed by atoms with Crippen LogP contribution in [-0.4, -0.2) is 9.97 Å². The van der Waals surface area contributed by atoms with Gasteiger partial charge in [0.15, 0.2) is 5.82 Å². The summed E-state index contributed by atoms with van der Waals surface area (Å²) < 4.78 is 0. The highest BCUT2D eigenvalue weighted by Crippen LogP contribution is 2.54. The summed E-state index contributed by atoms with van der Waals surface area (Å²) in [6.07, 6.45) is 0. The van der Waals surface area contributed by atoms with E-state index < -0.39 is 0 Å². The molecule has 0 unspecified atom stereocenters. The third-order valence-electron chi connectivity index (χ3n) is 11.3. The lowest BCUT2D eigenvalue weighted by Gasteiger charge is -2.23. The Balaban J connectivity index is 1.01. The van der Waals surface area contributed by atoms with Crippen molar-refractivity contribution < 1.29 is 0 Å². The molecule has 1 aliphatic carbocycles. The molecule has 1 aromatic heterocycles. The second-order valence-corrected chi connectivity index (χ2v) is 15.0. The van der Waals surface area contributed by atoms with Crippen LogP contribution in [0.5, 0.6) is 0 Å². The first kappa shape index (κ1) is 32.7. The van der Waals surface area contributed by atoms with Crippen molar-refractivity contribution in [3.05, 3.63) is 205 Å². The molecule has 8 aromatic carbocycles. The predicted octanol–water partition coefficient (Wildman–Crippen LogP) is 13.9. The average Bonchev–Trinajstić information content (AvgIpc) is 3.50. The molecular weight excluding hydrogens is 665 g/mol. The molecule has 2 nitrogen and oxygen atoms in total. The van der Waals surface area contributed by atoms with Crippen molar-refractivity contribution in [1.29, 1.82) is 0 Å². The van der Waals surface area contributed by atoms with Crippen LogP contribution in [0.3, 0.4) is 0 Å². The van der Waals surface area contributed by atoms with Gasteiger partial charge in [-0.1, -0.05) is 196 Å². The molecule has 0 radical (unpaired) electrons. The number of benzene rings is 8. The Morgan fingerprint density at radius 3 is 1.65 bits per heavy atom. The van der Waals surface area contributed by atoms with Crippen LogP contribution in [0.2, 0.25) is 0 Å². The summed E-state index contributed by atoms with van der Waals surface area (Å²) in [4.78, 5) is 10.2. The van der Waals surface area contributed by atoms with Crippen molar-refractivity contribution >= 4 is 10.8 Å². The van der Waals surface area contributed by atoms with Gasteiger partial charge in [0.1, 0.15) is 0 Å². The van der Waals surface area contributed by atoms with E-state index in [0.29, 0.717) is 5.82 Å². The molecular formula is C53H38N2. The van der Waals surface area contributed by atoms with E-state index in [2.05, 4.69) is 196 Å². The monoisotopic (exact) mass is 702 g/mol. The molecule has 0 saturated heterocycles. The van der Waals surface area contributed by atoms with Crippen LogP contribution < -0.4 is 0 Å². The van der Waals surface area contributed by atoms with E-state index in [-0.39, 0.29) is 5.41 Å². The summed E-state index contributed by atoms with van der Waals surface area (Å²) in [5.74, 6) is 0.707. The molecule has 55 heavy (non-hydrogen) atoms. The summed E-state index contributed by atoms with van der Waals surface area (Å²) in [6.45, 7) is 4.74. The quantitative estimate of drug-likeness (QED) is 0.172. The van der Waals surface area contributed by atoms with Gasteiger partial charge in [0.25, 0.3) is 0 Å². The number of hydrogen-bond acceptors (Lipinski definition) is 2. The Labute approximate surface area is 322 Å². The minimum Gasteiger partial charge on any atom is -0.228 e. The lowest BCUT2D eigenvalue weighted by molar-refractivity contribution is 0.666. The zero-order chi connectivity index (χ0) is 36.9. The van der Waals surface area contributed by atoms with Gasteiger partial charge in [-0.15, -0.1) is 0 Å². The van der Waals surface area contributed by atoms with Crippen LogP contribution in [0.1, 0.15) is 25.0 Å². The maximum atomic E-state index is 5.16. The normalized spacial score (nSPS) is 12.7. The van der Waals surface area contributed by atoms with Gasteiger partial charge in [0.2, 0.25) is 0 Å². The number of nitrogens with zero attached hydrogens (tertiary/aromatic N) is 2. The topological polar surface area (TPSA) is 25.8 Å². The van der Waals surface area contributed by atoms with Crippen molar-refractivity contribution in [2.75, 3.05) is 0 Å². The number of fused-ring (bicyclic) bond motifs is 5. The first-order valence-electron chi connectivity index (χ1n) is 19.0. The molecule has 0 saturated carbocycles. The second-order valence-electron chi connectivity index (χ2n) is 15.0. The van der Waals surface area contributed by atoms with E-state index in [1.165, 1.54) is 60.8 Å². The van der Waals surface area contributed by atoms with Crippen LogP contribution in [0.4, 0.5) is 0 Å². The highest BCUT2D eigenvalue weighted by molar-refractivity contribution is 6.01. The zero-order valence-electron chi connectivity index (χ0n) is 30.9. The van der Waals surface area contributed by atoms with Crippen molar-refractivity contribution in [3.63, 3.8) is 0 Å². The Bertz CT molecular complexity index is 2850. The third kappa shape index (κ3) is 5.75. The van der Waals surface area contributed by atoms with E-state index in [1.807, 2.05) is 12.1 Å². The van der Waals surface area contributed by atoms with Gasteiger partial charge in [0.05, 0.1) is 11.4 Å². The van der Waals surface area contributed by atoms with Gasteiger partial charge in [-0.2, -0.15) is 0 Å². The van der Waals surface area contributed by atoms with Crippen molar-refractivity contribution in [2.45, 2.75) is 19.3 Å². The molecule has 9 aromatic rings. The minimum atomic E-state index is -0.0885. The summed E-state index contributed by atoms with van der Waals surface area (Å²) in [5.41, 5.74) is 17.5. The van der Waals surface area contributed by atoms with E-state index >= 15 is 0 Å². The first-order valence-corrected chi connectivity index (χ1v) is 19.0. The van der Waals surface area contributed by atoms with E-state index in [0.717, 1.165) is 33.6 Å². The Morgan fingerprint density at radius 1 is 0.364 bits per heavy atom. The maximum Gasteiger partial charge on any atom is 0.160 e. The molecule has 1 heterocycles. The number of hydrogen-bond donors (Lipinski definition) is 0. The maximum absolute atomic E-state index is 5.16. The SMILES string of the molecule is CC1(C)c2cccc(-c3ccc(-c4cccc(-c5cc(-c6ccccc6)nc(-c6ccc(-c7ccccc7)cc6)n5)c4)cc3)c2-c2ccc3ccccc3c21. The van der Waals surface area contributed by atoms with Gasteiger partial charge >= 0.3 is 0 Å². The van der Waals surface area contributed by atoms with Crippen LogP contribution in [0.25, 0.3) is 89.2 Å². The van der Waals surface area contributed by atoms with E-state index in [9.17, 15) is 0 Å². The van der Waals surface area contributed by atoms with Crippen LogP contribution in [0, 0.1) is 0 Å². The molecule has 1 aliphatic rings. The van der Waals surface area contributed by atoms with Crippen molar-refractivity contribution in [2.24, 2.45) is 0 Å². The average molecular weight is 703 g/mol. The molecule has 260 valence electrons. The molecule has 0 N–H and O–H groups in total. The Morgan fingerprint density at radius 2 is 0.909 bits per heavy atom. The van der Waals surface area contributed by atoms with Crippen LogP contribution >= 0.6 is 0 Å². The van der Waals surface area contributed by atoms with Crippen molar-refractivity contribution in [3.8, 4) is 78.4 Å². The molecule has 10 rings (SSSR count). The largest absolute Gasteiger partial charge is 0.228 e. The third-order valence-corrected chi connectivity index (χ3v) is 11.3. The number of rotatable bonds is 6. The van der Waals surface area contributed by atoms with E-state index in [4.69, 9.17) is 9.97 Å². The Kier molecular flexibility index (Phi) is 7.85. The summed E-state index contributed by atoms with van der Waals surface area (Å²) in [7, 11) is 0. The Hall–Kier alpha value is -6.90. The highest BCUT2D eigenvalue weighted by atomic mass is 14.9. The van der Waals surface area contributed by atoms with Gasteiger partial charge < -0.3 is 0 Å². The standard InChI is InChI=1S/C53H38N2/c1-53(2)47-22-12-21-44(50(47)46-32-31-38-15-9-10-20-45(38)51(46)53)39-27-23-37(24-28-39)42-18-11-19-43(33-42)49-34-48(40-16-7-4-8-17-40)54-52(55-49)41-29-25-36(26-30-41)35-13-5-3-6-14-35/h3-34H,1-2H3. The zero-order valence-corrected chi connectivity index (χ0v) is 30.9. The highest BCUT2D eigenvalue weighted by Gasteiger charge is 2.38. The minimum absolute atomic E-state index is 0.0885. The smallest absolute Gasteiger partial charge is 0.160 e. The van der Waals surface area contributed by atoms with Crippen molar-refractivity contribution in [1.82, 2.24) is 9.97 Å². The van der Waals surface area contributed by atoms with Crippen LogP contribution in [-0.2, 0) is 5.41 Å². The molecule has 0 atom stereocenters.